The first-order valence-corrected chi connectivity index (χ1v) is 3.89. The molecule has 0 aliphatic heterocycles. The van der Waals surface area contributed by atoms with Crippen molar-refractivity contribution in [3.05, 3.63) is 0 Å². The molecule has 0 aromatic carbocycles. The van der Waals surface area contributed by atoms with E-state index < -0.39 is 0 Å². The van der Waals surface area contributed by atoms with E-state index in [-0.39, 0.29) is 12.2 Å². The molecule has 1 saturated carbocycles. The second-order valence-corrected chi connectivity index (χ2v) is 3.29. The van der Waals surface area contributed by atoms with E-state index in [1.165, 1.54) is 6.42 Å². The van der Waals surface area contributed by atoms with Crippen molar-refractivity contribution in [2.24, 2.45) is 5.92 Å². The molecule has 0 aromatic heterocycles. The second-order valence-electron chi connectivity index (χ2n) is 3.29. The highest BCUT2D eigenvalue weighted by atomic mass is 16.5. The van der Waals surface area contributed by atoms with Crippen LogP contribution >= 0.6 is 0 Å². The Morgan fingerprint density at radius 2 is 2.40 bits per heavy atom. The van der Waals surface area contributed by atoms with Crippen molar-refractivity contribution in [1.29, 1.82) is 0 Å². The zero-order valence-electron chi connectivity index (χ0n) is 6.76. The molecule has 0 spiro atoms. The minimum absolute atomic E-state index is 0.0469. The molecule has 1 aliphatic carbocycles. The lowest BCUT2D eigenvalue weighted by Crippen LogP contribution is -2.33. The van der Waals surface area contributed by atoms with Gasteiger partial charge in [0.15, 0.2) is 0 Å². The van der Waals surface area contributed by atoms with Crippen LogP contribution in [0.15, 0.2) is 0 Å². The van der Waals surface area contributed by atoms with Gasteiger partial charge in [-0.2, -0.15) is 0 Å². The summed E-state index contributed by atoms with van der Waals surface area (Å²) in [6.45, 7) is 2.35. The van der Waals surface area contributed by atoms with Crippen molar-refractivity contribution >= 4 is 0 Å². The Balaban J connectivity index is 2.56. The predicted molar refractivity (Wildman–Crippen MR) is 39.8 cm³/mol. The fourth-order valence-electron chi connectivity index (χ4n) is 1.76. The van der Waals surface area contributed by atoms with Crippen LogP contribution < -0.4 is 0 Å². The number of aliphatic hydroxyl groups is 1. The predicted octanol–water partition coefficient (Wildman–Crippen LogP) is 1.18. The van der Waals surface area contributed by atoms with Gasteiger partial charge in [0.2, 0.25) is 0 Å². The maximum absolute atomic E-state index is 8.95. The molecular formula is C8H16O2. The van der Waals surface area contributed by atoms with E-state index in [1.807, 2.05) is 0 Å². The first-order valence-electron chi connectivity index (χ1n) is 3.89. The fourth-order valence-corrected chi connectivity index (χ4v) is 1.76. The lowest BCUT2D eigenvalue weighted by Gasteiger charge is -2.28. The number of rotatable bonds is 2. The number of methoxy groups -OCH3 is 1. The van der Waals surface area contributed by atoms with Crippen molar-refractivity contribution in [3.8, 4) is 0 Å². The average Bonchev–Trinajstić information content (AvgIpc) is 2.32. The van der Waals surface area contributed by atoms with Crippen LogP contribution in [-0.4, -0.2) is 24.4 Å². The SMILES string of the molecule is CO[C@@]1(C)CCCC1CO. The van der Waals surface area contributed by atoms with Gasteiger partial charge in [-0.1, -0.05) is 6.42 Å². The summed E-state index contributed by atoms with van der Waals surface area (Å²) in [6, 6.07) is 0. The first-order chi connectivity index (χ1) is 4.73. The lowest BCUT2D eigenvalue weighted by molar-refractivity contribution is -0.0412. The van der Waals surface area contributed by atoms with Gasteiger partial charge in [-0.05, 0) is 19.8 Å². The standard InChI is InChI=1S/C8H16O2/c1-8(10-2)5-3-4-7(8)6-9/h7,9H,3-6H2,1-2H3/t7?,8-/m0/s1. The van der Waals surface area contributed by atoms with Crippen LogP contribution in [0.25, 0.3) is 0 Å². The highest BCUT2D eigenvalue weighted by Gasteiger charge is 2.38. The summed E-state index contributed by atoms with van der Waals surface area (Å²) in [7, 11) is 1.73. The molecule has 0 radical (unpaired) electrons. The highest BCUT2D eigenvalue weighted by molar-refractivity contribution is 4.89. The number of ether oxygens (including phenoxy) is 1. The molecule has 1 aliphatic rings. The van der Waals surface area contributed by atoms with Gasteiger partial charge < -0.3 is 9.84 Å². The topological polar surface area (TPSA) is 29.5 Å². The van der Waals surface area contributed by atoms with Crippen molar-refractivity contribution < 1.29 is 9.84 Å². The second kappa shape index (κ2) is 2.89. The lowest BCUT2D eigenvalue weighted by atomic mass is 9.94. The molecule has 1 rings (SSSR count). The van der Waals surface area contributed by atoms with Crippen molar-refractivity contribution in [3.63, 3.8) is 0 Å². The number of hydrogen-bond donors (Lipinski definition) is 1. The van der Waals surface area contributed by atoms with E-state index in [2.05, 4.69) is 6.92 Å². The summed E-state index contributed by atoms with van der Waals surface area (Å²) in [5, 5.41) is 8.95. The van der Waals surface area contributed by atoms with Crippen molar-refractivity contribution in [1.82, 2.24) is 0 Å². The summed E-state index contributed by atoms with van der Waals surface area (Å²) in [6.07, 6.45) is 3.39. The Morgan fingerprint density at radius 1 is 1.70 bits per heavy atom. The molecule has 2 nitrogen and oxygen atoms in total. The molecule has 1 fully saturated rings. The summed E-state index contributed by atoms with van der Waals surface area (Å²) >= 11 is 0. The van der Waals surface area contributed by atoms with Gasteiger partial charge in [0.05, 0.1) is 5.60 Å². The Hall–Kier alpha value is -0.0800. The molecule has 0 bridgehead atoms. The van der Waals surface area contributed by atoms with E-state index in [0.717, 1.165) is 12.8 Å². The summed E-state index contributed by atoms with van der Waals surface area (Å²) in [5.41, 5.74) is -0.0469. The summed E-state index contributed by atoms with van der Waals surface area (Å²) in [5.74, 6) is 0.359. The van der Waals surface area contributed by atoms with Crippen molar-refractivity contribution in [2.45, 2.75) is 31.8 Å². The van der Waals surface area contributed by atoms with Crippen LogP contribution in [0.2, 0.25) is 0 Å². The minimum atomic E-state index is -0.0469. The fraction of sp³-hybridized carbons (Fsp3) is 1.00. The quantitative estimate of drug-likeness (QED) is 0.630. The smallest absolute Gasteiger partial charge is 0.0700 e. The largest absolute Gasteiger partial charge is 0.396 e. The molecule has 1 unspecified atom stereocenters. The normalized spacial score (nSPS) is 40.5. The Labute approximate surface area is 62.2 Å². The molecular weight excluding hydrogens is 128 g/mol. The van der Waals surface area contributed by atoms with Gasteiger partial charge in [0.25, 0.3) is 0 Å². The van der Waals surface area contributed by atoms with Crippen LogP contribution in [0.3, 0.4) is 0 Å². The molecule has 60 valence electrons. The third-order valence-corrected chi connectivity index (χ3v) is 2.78. The Bertz CT molecular complexity index is 114. The molecule has 0 heterocycles. The summed E-state index contributed by atoms with van der Waals surface area (Å²) in [4.78, 5) is 0. The molecule has 0 aromatic rings. The van der Waals surface area contributed by atoms with Gasteiger partial charge in [0, 0.05) is 19.6 Å². The Morgan fingerprint density at radius 3 is 2.80 bits per heavy atom. The van der Waals surface area contributed by atoms with Gasteiger partial charge in [-0.25, -0.2) is 0 Å². The first kappa shape index (κ1) is 8.02. The van der Waals surface area contributed by atoms with E-state index in [0.29, 0.717) is 5.92 Å². The molecule has 1 N–H and O–H groups in total. The highest BCUT2D eigenvalue weighted by Crippen LogP contribution is 2.37. The van der Waals surface area contributed by atoms with Gasteiger partial charge in [-0.15, -0.1) is 0 Å². The molecule has 0 saturated heterocycles. The van der Waals surface area contributed by atoms with Gasteiger partial charge in [0.1, 0.15) is 0 Å². The van der Waals surface area contributed by atoms with Crippen LogP contribution in [0.1, 0.15) is 26.2 Å². The monoisotopic (exact) mass is 144 g/mol. The molecule has 0 amide bonds. The zero-order valence-corrected chi connectivity index (χ0v) is 6.76. The van der Waals surface area contributed by atoms with E-state index in [9.17, 15) is 0 Å². The molecule has 10 heavy (non-hydrogen) atoms. The minimum Gasteiger partial charge on any atom is -0.396 e. The van der Waals surface area contributed by atoms with Crippen LogP contribution in [0.5, 0.6) is 0 Å². The Kier molecular flexibility index (Phi) is 2.32. The number of hydrogen-bond acceptors (Lipinski definition) is 2. The molecule has 2 atom stereocenters. The zero-order chi connectivity index (χ0) is 7.61. The van der Waals surface area contributed by atoms with Gasteiger partial charge in [-0.3, -0.25) is 0 Å². The third kappa shape index (κ3) is 1.18. The van der Waals surface area contributed by atoms with Gasteiger partial charge >= 0.3 is 0 Å². The maximum atomic E-state index is 8.95. The third-order valence-electron chi connectivity index (χ3n) is 2.78. The number of aliphatic hydroxyl groups excluding tert-OH is 1. The van der Waals surface area contributed by atoms with Crippen LogP contribution in [0.4, 0.5) is 0 Å². The van der Waals surface area contributed by atoms with E-state index in [4.69, 9.17) is 9.84 Å². The van der Waals surface area contributed by atoms with Crippen molar-refractivity contribution in [2.75, 3.05) is 13.7 Å². The van der Waals surface area contributed by atoms with Crippen LogP contribution in [0, 0.1) is 5.92 Å². The molecule has 2 heteroatoms. The van der Waals surface area contributed by atoms with E-state index >= 15 is 0 Å². The summed E-state index contributed by atoms with van der Waals surface area (Å²) < 4.78 is 5.34. The van der Waals surface area contributed by atoms with E-state index in [1.54, 1.807) is 7.11 Å². The maximum Gasteiger partial charge on any atom is 0.0700 e. The van der Waals surface area contributed by atoms with Crippen LogP contribution in [-0.2, 0) is 4.74 Å². The average molecular weight is 144 g/mol.